The lowest BCUT2D eigenvalue weighted by molar-refractivity contribution is 0.225. The number of hydrogen-bond donors (Lipinski definition) is 2. The van der Waals surface area contributed by atoms with E-state index in [1.807, 2.05) is 12.1 Å². The summed E-state index contributed by atoms with van der Waals surface area (Å²) in [6, 6.07) is 4.07. The average Bonchev–Trinajstić information content (AvgIpc) is 2.84. The van der Waals surface area contributed by atoms with Gasteiger partial charge in [-0.3, -0.25) is 0 Å². The van der Waals surface area contributed by atoms with Crippen molar-refractivity contribution in [3.05, 3.63) is 24.2 Å². The van der Waals surface area contributed by atoms with Gasteiger partial charge in [-0.25, -0.2) is 0 Å². The summed E-state index contributed by atoms with van der Waals surface area (Å²) in [5.41, 5.74) is 0. The molecule has 0 bridgehead atoms. The normalized spacial score (nSPS) is 18.8. The highest BCUT2D eigenvalue weighted by molar-refractivity contribution is 4.98. The lowest BCUT2D eigenvalue weighted by Gasteiger charge is -2.13. The third-order valence-corrected chi connectivity index (χ3v) is 2.51. The molecule has 1 atom stereocenters. The van der Waals surface area contributed by atoms with Crippen molar-refractivity contribution >= 4 is 0 Å². The molecule has 0 saturated heterocycles. The molecule has 72 valence electrons. The Kier molecular flexibility index (Phi) is 2.66. The number of aliphatic hydroxyl groups is 1. The van der Waals surface area contributed by atoms with Crippen LogP contribution in [0.15, 0.2) is 22.8 Å². The quantitative estimate of drug-likeness (QED) is 0.716. The van der Waals surface area contributed by atoms with E-state index in [1.165, 1.54) is 12.8 Å². The van der Waals surface area contributed by atoms with Crippen LogP contribution < -0.4 is 5.32 Å². The van der Waals surface area contributed by atoms with Crippen LogP contribution in [0.25, 0.3) is 0 Å². The van der Waals surface area contributed by atoms with Gasteiger partial charge in [-0.15, -0.1) is 0 Å². The second-order valence-electron chi connectivity index (χ2n) is 3.59. The summed E-state index contributed by atoms with van der Waals surface area (Å²) in [6.07, 6.45) is 4.16. The molecule has 2 rings (SSSR count). The zero-order valence-corrected chi connectivity index (χ0v) is 7.57. The van der Waals surface area contributed by atoms with Gasteiger partial charge in [0.1, 0.15) is 5.76 Å². The van der Waals surface area contributed by atoms with Crippen molar-refractivity contribution in [1.82, 2.24) is 5.32 Å². The highest BCUT2D eigenvalue weighted by Crippen LogP contribution is 2.32. The number of hydrogen-bond acceptors (Lipinski definition) is 3. The first-order valence-corrected chi connectivity index (χ1v) is 4.77. The van der Waals surface area contributed by atoms with Crippen LogP contribution in [0.5, 0.6) is 0 Å². The van der Waals surface area contributed by atoms with E-state index in [9.17, 15) is 0 Å². The molecular weight excluding hydrogens is 166 g/mol. The number of aliphatic hydroxyl groups excluding tert-OH is 1. The predicted octanol–water partition coefficient (Wildman–Crippen LogP) is 1.14. The van der Waals surface area contributed by atoms with Crippen LogP contribution in [0.4, 0.5) is 0 Å². The Morgan fingerprint density at radius 3 is 3.00 bits per heavy atom. The zero-order chi connectivity index (χ0) is 9.10. The molecule has 1 fully saturated rings. The van der Waals surface area contributed by atoms with Crippen LogP contribution in [-0.2, 0) is 6.54 Å². The lowest BCUT2D eigenvalue weighted by atomic mass is 10.2. The number of rotatable bonds is 5. The summed E-state index contributed by atoms with van der Waals surface area (Å²) in [5, 5.41) is 12.4. The summed E-state index contributed by atoms with van der Waals surface area (Å²) in [5.74, 6) is 1.61. The summed E-state index contributed by atoms with van der Waals surface area (Å²) < 4.78 is 5.18. The Hall–Kier alpha value is -0.800. The van der Waals surface area contributed by atoms with Gasteiger partial charge in [-0.05, 0) is 30.9 Å². The van der Waals surface area contributed by atoms with Crippen LogP contribution in [0.1, 0.15) is 18.6 Å². The van der Waals surface area contributed by atoms with E-state index in [0.717, 1.165) is 5.76 Å². The molecule has 3 heteroatoms. The van der Waals surface area contributed by atoms with Gasteiger partial charge >= 0.3 is 0 Å². The smallest absolute Gasteiger partial charge is 0.117 e. The topological polar surface area (TPSA) is 45.4 Å². The minimum absolute atomic E-state index is 0.228. The van der Waals surface area contributed by atoms with E-state index < -0.39 is 0 Å². The van der Waals surface area contributed by atoms with E-state index >= 15 is 0 Å². The molecule has 1 unspecified atom stereocenters. The maximum Gasteiger partial charge on any atom is 0.117 e. The fourth-order valence-corrected chi connectivity index (χ4v) is 1.52. The van der Waals surface area contributed by atoms with Crippen molar-refractivity contribution in [2.24, 2.45) is 5.92 Å². The maximum absolute atomic E-state index is 9.07. The van der Waals surface area contributed by atoms with Crippen LogP contribution in [0.2, 0.25) is 0 Å². The van der Waals surface area contributed by atoms with Crippen molar-refractivity contribution in [3.63, 3.8) is 0 Å². The molecule has 3 nitrogen and oxygen atoms in total. The number of furan rings is 1. The minimum Gasteiger partial charge on any atom is -0.468 e. The third-order valence-electron chi connectivity index (χ3n) is 2.51. The molecule has 13 heavy (non-hydrogen) atoms. The molecule has 0 radical (unpaired) electrons. The molecule has 1 aromatic rings. The highest BCUT2D eigenvalue weighted by atomic mass is 16.3. The van der Waals surface area contributed by atoms with Gasteiger partial charge in [0.05, 0.1) is 19.4 Å². The maximum atomic E-state index is 9.07. The largest absolute Gasteiger partial charge is 0.468 e. The second-order valence-corrected chi connectivity index (χ2v) is 3.59. The second kappa shape index (κ2) is 3.94. The lowest BCUT2D eigenvalue weighted by Crippen LogP contribution is -2.33. The fourth-order valence-electron chi connectivity index (χ4n) is 1.52. The van der Waals surface area contributed by atoms with Gasteiger partial charge in [0.2, 0.25) is 0 Å². The van der Waals surface area contributed by atoms with Gasteiger partial charge in [0.25, 0.3) is 0 Å². The van der Waals surface area contributed by atoms with E-state index in [4.69, 9.17) is 9.52 Å². The monoisotopic (exact) mass is 181 g/mol. The first kappa shape index (κ1) is 8.78. The Labute approximate surface area is 77.8 Å². The first-order chi connectivity index (χ1) is 6.40. The standard InChI is InChI=1S/C10H15NO2/c12-7-10(8-3-4-8)11-6-9-2-1-5-13-9/h1-2,5,8,10-12H,3-4,6-7H2. The van der Waals surface area contributed by atoms with Crippen molar-refractivity contribution in [3.8, 4) is 0 Å². The van der Waals surface area contributed by atoms with Crippen molar-refractivity contribution in [2.75, 3.05) is 6.61 Å². The van der Waals surface area contributed by atoms with Gasteiger partial charge in [0, 0.05) is 6.04 Å². The Bertz CT molecular complexity index is 241. The van der Waals surface area contributed by atoms with Crippen LogP contribution >= 0.6 is 0 Å². The summed E-state index contributed by atoms with van der Waals surface area (Å²) >= 11 is 0. The third kappa shape index (κ3) is 2.32. The molecule has 0 aliphatic heterocycles. The van der Waals surface area contributed by atoms with Crippen molar-refractivity contribution in [2.45, 2.75) is 25.4 Å². The summed E-state index contributed by atoms with van der Waals surface area (Å²) in [6.45, 7) is 0.945. The predicted molar refractivity (Wildman–Crippen MR) is 49.1 cm³/mol. The molecule has 0 spiro atoms. The molecule has 1 saturated carbocycles. The molecule has 1 aliphatic rings. The molecule has 1 aromatic heterocycles. The van der Waals surface area contributed by atoms with Crippen molar-refractivity contribution in [1.29, 1.82) is 0 Å². The van der Waals surface area contributed by atoms with Crippen LogP contribution in [0, 0.1) is 5.92 Å². The highest BCUT2D eigenvalue weighted by Gasteiger charge is 2.30. The van der Waals surface area contributed by atoms with Gasteiger partial charge in [-0.1, -0.05) is 0 Å². The molecule has 1 aliphatic carbocycles. The van der Waals surface area contributed by atoms with E-state index in [-0.39, 0.29) is 12.6 Å². The molecule has 2 N–H and O–H groups in total. The summed E-state index contributed by atoms with van der Waals surface area (Å²) in [7, 11) is 0. The molecule has 0 amide bonds. The number of nitrogens with one attached hydrogen (secondary N) is 1. The minimum atomic E-state index is 0.228. The molecular formula is C10H15NO2. The Balaban J connectivity index is 1.77. The average molecular weight is 181 g/mol. The van der Waals surface area contributed by atoms with Crippen molar-refractivity contribution < 1.29 is 9.52 Å². The summed E-state index contributed by atoms with van der Waals surface area (Å²) in [4.78, 5) is 0. The SMILES string of the molecule is OCC(NCc1ccco1)C1CC1. The van der Waals surface area contributed by atoms with Crippen LogP contribution in [-0.4, -0.2) is 17.8 Å². The van der Waals surface area contributed by atoms with E-state index in [1.54, 1.807) is 6.26 Å². The Morgan fingerprint density at radius 1 is 1.62 bits per heavy atom. The first-order valence-electron chi connectivity index (χ1n) is 4.77. The molecule has 1 heterocycles. The zero-order valence-electron chi connectivity index (χ0n) is 7.57. The van der Waals surface area contributed by atoms with Gasteiger partial charge in [-0.2, -0.15) is 0 Å². The van der Waals surface area contributed by atoms with Gasteiger partial charge < -0.3 is 14.8 Å². The van der Waals surface area contributed by atoms with E-state index in [0.29, 0.717) is 12.5 Å². The van der Waals surface area contributed by atoms with E-state index in [2.05, 4.69) is 5.32 Å². The van der Waals surface area contributed by atoms with Gasteiger partial charge in [0.15, 0.2) is 0 Å². The van der Waals surface area contributed by atoms with Crippen LogP contribution in [0.3, 0.4) is 0 Å². The Morgan fingerprint density at radius 2 is 2.46 bits per heavy atom. The molecule has 0 aromatic carbocycles. The fraction of sp³-hybridized carbons (Fsp3) is 0.600.